The predicted octanol–water partition coefficient (Wildman–Crippen LogP) is 1.46. The Hall–Kier alpha value is 0.310. The maximum atomic E-state index is 4.62. The van der Waals surface area contributed by atoms with Gasteiger partial charge in [0.1, 0.15) is 0 Å². The average molecular weight is 91.2 g/mol. The molecule has 0 amide bonds. The van der Waals surface area contributed by atoms with Gasteiger partial charge in [0.05, 0.1) is 6.61 Å². The molecule has 2 heteroatoms. The van der Waals surface area contributed by atoms with Crippen LogP contribution in [0.1, 0.15) is 6.92 Å². The summed E-state index contributed by atoms with van der Waals surface area (Å²) in [5, 5.41) is 0. The molecular weight excluding hydrogens is 84.1 g/mol. The van der Waals surface area contributed by atoms with Crippen molar-refractivity contribution in [1.82, 2.24) is 0 Å². The molecule has 0 saturated carbocycles. The van der Waals surface area contributed by atoms with Crippen molar-refractivity contribution in [3.63, 3.8) is 0 Å². The summed E-state index contributed by atoms with van der Waals surface area (Å²) >= 11 is 1.35. The third-order valence-corrected chi connectivity index (χ3v) is 0.577. The summed E-state index contributed by atoms with van der Waals surface area (Å²) < 4.78 is 4.62. The monoisotopic (exact) mass is 91.0 g/mol. The molecule has 5 heavy (non-hydrogen) atoms. The van der Waals surface area contributed by atoms with Gasteiger partial charge in [-0.15, -0.1) is 0 Å². The van der Waals surface area contributed by atoms with Gasteiger partial charge in [-0.2, -0.15) is 0 Å². The van der Waals surface area contributed by atoms with Gasteiger partial charge in [-0.25, -0.2) is 0 Å². The topological polar surface area (TPSA) is 9.23 Å². The second-order valence-electron chi connectivity index (χ2n) is 0.499. The molecule has 1 radical (unpaired) electrons. The first-order chi connectivity index (χ1) is 2.41. The summed E-state index contributed by atoms with van der Waals surface area (Å²) in [6, 6.07) is 0. The lowest BCUT2D eigenvalue weighted by Gasteiger charge is -1.83. The molecule has 0 N–H and O–H groups in total. The fraction of sp³-hybridized carbons (Fsp3) is 0.667. The minimum absolute atomic E-state index is 1.35. The molecule has 0 aromatic heterocycles. The van der Waals surface area contributed by atoms with Gasteiger partial charge in [0.2, 0.25) is 0 Å². The summed E-state index contributed by atoms with van der Waals surface area (Å²) in [5.74, 6) is 0. The van der Waals surface area contributed by atoms with E-state index in [0.29, 0.717) is 0 Å². The Morgan fingerprint density at radius 3 is 2.40 bits per heavy atom. The van der Waals surface area contributed by atoms with Gasteiger partial charge < -0.3 is 4.18 Å². The van der Waals surface area contributed by atoms with Crippen LogP contribution in [0.15, 0.2) is 0 Å². The quantitative estimate of drug-likeness (QED) is 0.476. The zero-order valence-corrected chi connectivity index (χ0v) is 4.21. The second-order valence-corrected chi connectivity index (χ2v) is 1.02. The van der Waals surface area contributed by atoms with Crippen LogP contribution in [0.5, 0.6) is 0 Å². The van der Waals surface area contributed by atoms with E-state index >= 15 is 0 Å². The normalized spacial score (nSPS) is 8.40. The highest BCUT2D eigenvalue weighted by molar-refractivity contribution is 7.94. The summed E-state index contributed by atoms with van der Waals surface area (Å²) in [4.78, 5) is 0. The second kappa shape index (κ2) is 4.31. The fourth-order valence-electron chi connectivity index (χ4n) is 0.0962. The SMILES string of the molecule is C[CH]OSC. The van der Waals surface area contributed by atoms with Crippen LogP contribution in [0.2, 0.25) is 0 Å². The van der Waals surface area contributed by atoms with Crippen molar-refractivity contribution in [3.8, 4) is 0 Å². The molecule has 0 fully saturated rings. The van der Waals surface area contributed by atoms with Gasteiger partial charge in [0.15, 0.2) is 0 Å². The van der Waals surface area contributed by atoms with E-state index in [1.807, 2.05) is 13.2 Å². The third kappa shape index (κ3) is 4.31. The Balaban J connectivity index is 2.19. The zero-order valence-electron chi connectivity index (χ0n) is 3.39. The first kappa shape index (κ1) is 5.31. The van der Waals surface area contributed by atoms with Crippen LogP contribution >= 0.6 is 12.0 Å². The molecule has 0 aromatic rings. The van der Waals surface area contributed by atoms with Crippen LogP contribution < -0.4 is 0 Å². The molecule has 0 spiro atoms. The van der Waals surface area contributed by atoms with E-state index in [-0.39, 0.29) is 0 Å². The number of hydrogen-bond acceptors (Lipinski definition) is 2. The minimum Gasteiger partial charge on any atom is -0.310 e. The van der Waals surface area contributed by atoms with Crippen LogP contribution in [0.4, 0.5) is 0 Å². The lowest BCUT2D eigenvalue weighted by molar-refractivity contribution is 0.492. The van der Waals surface area contributed by atoms with E-state index in [1.165, 1.54) is 12.0 Å². The van der Waals surface area contributed by atoms with Gasteiger partial charge in [0, 0.05) is 6.26 Å². The van der Waals surface area contributed by atoms with Gasteiger partial charge in [-0.1, -0.05) is 0 Å². The van der Waals surface area contributed by atoms with Crippen LogP contribution in [0.25, 0.3) is 0 Å². The van der Waals surface area contributed by atoms with E-state index in [9.17, 15) is 0 Å². The van der Waals surface area contributed by atoms with Crippen molar-refractivity contribution >= 4 is 12.0 Å². The molecule has 31 valence electrons. The van der Waals surface area contributed by atoms with E-state index in [4.69, 9.17) is 0 Å². The van der Waals surface area contributed by atoms with Crippen LogP contribution in [-0.4, -0.2) is 6.26 Å². The summed E-state index contributed by atoms with van der Waals surface area (Å²) in [7, 11) is 0. The summed E-state index contributed by atoms with van der Waals surface area (Å²) in [6.45, 7) is 3.49. The fourth-order valence-corrected chi connectivity index (χ4v) is 0.289. The molecule has 0 rings (SSSR count). The molecule has 0 bridgehead atoms. The number of hydrogen-bond donors (Lipinski definition) is 0. The Morgan fingerprint density at radius 2 is 2.40 bits per heavy atom. The smallest absolute Gasteiger partial charge is 0.0965 e. The average Bonchev–Trinajstić information content (AvgIpc) is 1.41. The van der Waals surface area contributed by atoms with Crippen molar-refractivity contribution < 1.29 is 4.18 Å². The summed E-state index contributed by atoms with van der Waals surface area (Å²) in [6.07, 6.45) is 1.88. The van der Waals surface area contributed by atoms with Crippen molar-refractivity contribution in [2.45, 2.75) is 6.92 Å². The predicted molar refractivity (Wildman–Crippen MR) is 24.6 cm³/mol. The van der Waals surface area contributed by atoms with Gasteiger partial charge in [-0.3, -0.25) is 0 Å². The van der Waals surface area contributed by atoms with Gasteiger partial charge >= 0.3 is 0 Å². The molecule has 0 aromatic carbocycles. The minimum atomic E-state index is 1.35. The van der Waals surface area contributed by atoms with Crippen LogP contribution in [0, 0.1) is 6.61 Å². The molecule has 1 nitrogen and oxygen atoms in total. The molecule has 0 saturated heterocycles. The first-order valence-corrected chi connectivity index (χ1v) is 2.54. The molecule has 0 heterocycles. The van der Waals surface area contributed by atoms with E-state index < -0.39 is 0 Å². The lowest BCUT2D eigenvalue weighted by Crippen LogP contribution is -1.61. The van der Waals surface area contributed by atoms with Crippen molar-refractivity contribution in [2.24, 2.45) is 0 Å². The first-order valence-electron chi connectivity index (χ1n) is 1.39. The Labute approximate surface area is 36.9 Å². The van der Waals surface area contributed by atoms with E-state index in [0.717, 1.165) is 0 Å². The maximum absolute atomic E-state index is 4.62. The zero-order chi connectivity index (χ0) is 4.12. The largest absolute Gasteiger partial charge is 0.310 e. The molecule has 0 aliphatic rings. The van der Waals surface area contributed by atoms with Gasteiger partial charge in [-0.05, 0) is 19.0 Å². The highest BCUT2D eigenvalue weighted by atomic mass is 32.2. The highest BCUT2D eigenvalue weighted by Gasteiger charge is 1.66. The molecule has 0 atom stereocenters. The Kier molecular flexibility index (Phi) is 4.58. The Morgan fingerprint density at radius 1 is 1.80 bits per heavy atom. The lowest BCUT2D eigenvalue weighted by atomic mass is 10.9. The standard InChI is InChI=1S/C3H7OS/c1-3-4-5-2/h3H,1-2H3. The van der Waals surface area contributed by atoms with E-state index in [1.54, 1.807) is 6.61 Å². The molecular formula is C3H7OS. The highest BCUT2D eigenvalue weighted by Crippen LogP contribution is 1.93. The van der Waals surface area contributed by atoms with Crippen LogP contribution in [0.3, 0.4) is 0 Å². The van der Waals surface area contributed by atoms with Crippen molar-refractivity contribution in [3.05, 3.63) is 6.61 Å². The van der Waals surface area contributed by atoms with Gasteiger partial charge in [0.25, 0.3) is 0 Å². The maximum Gasteiger partial charge on any atom is 0.0965 e. The molecule has 0 unspecified atom stereocenters. The third-order valence-electron chi connectivity index (χ3n) is 0.192. The van der Waals surface area contributed by atoms with Crippen molar-refractivity contribution in [1.29, 1.82) is 0 Å². The van der Waals surface area contributed by atoms with Crippen molar-refractivity contribution in [2.75, 3.05) is 6.26 Å². The van der Waals surface area contributed by atoms with Crippen LogP contribution in [-0.2, 0) is 4.18 Å². The summed E-state index contributed by atoms with van der Waals surface area (Å²) in [5.41, 5.74) is 0. The molecule has 0 aliphatic heterocycles. The van der Waals surface area contributed by atoms with E-state index in [2.05, 4.69) is 4.18 Å². The molecule has 0 aliphatic carbocycles. The Bertz CT molecular complexity index is 14.4. The number of rotatable bonds is 2.